The number of allylic oxidation sites excluding steroid dienone is 10. The Kier molecular flexibility index (Phi) is 18.8. The number of amides is 1. The third-order valence-electron chi connectivity index (χ3n) is 7.32. The number of nitrogens with one attached hydrogen (secondary N) is 2. The molecule has 2 aromatic rings. The Morgan fingerprint density at radius 3 is 2.30 bits per heavy atom. The van der Waals surface area contributed by atoms with Crippen molar-refractivity contribution in [2.45, 2.75) is 83.1 Å². The largest absolute Gasteiger partial charge is 0.458 e. The highest BCUT2D eigenvalue weighted by Crippen LogP contribution is 2.45. The molecule has 272 valence electrons. The summed E-state index contributed by atoms with van der Waals surface area (Å²) in [6, 6.07) is 8.48. The van der Waals surface area contributed by atoms with Crippen molar-refractivity contribution in [3.63, 3.8) is 0 Å². The number of rotatable bonds is 23. The number of ether oxygens (including phenoxy) is 1. The molecule has 0 spiro atoms. The fraction of sp³-hybridized carbons (Fsp3) is 0.444. The molecule has 5 N–H and O–H groups in total. The molecule has 1 saturated heterocycles. The number of anilines is 1. The topological polar surface area (TPSA) is 180 Å². The molecule has 1 fully saturated rings. The number of benzene rings is 1. The molecule has 4 unspecified atom stereocenters. The lowest BCUT2D eigenvalue weighted by Crippen LogP contribution is -2.33. The molecule has 0 aliphatic carbocycles. The number of carbonyl (C=O) groups excluding carboxylic acids is 1. The molecule has 0 saturated carbocycles. The number of nitrogen functional groups attached to an aromatic ring is 1. The Morgan fingerprint density at radius 2 is 1.66 bits per heavy atom. The molecule has 1 aliphatic heterocycles. The number of aliphatic hydroxyl groups is 1. The van der Waals surface area contributed by atoms with E-state index in [0.29, 0.717) is 18.6 Å². The Labute approximate surface area is 294 Å². The van der Waals surface area contributed by atoms with Gasteiger partial charge in [-0.15, -0.1) is 0 Å². The van der Waals surface area contributed by atoms with Crippen LogP contribution in [0.5, 0.6) is 5.75 Å². The Hall–Kier alpha value is -4.13. The number of hydrogen-bond acceptors (Lipinski definition) is 10. The van der Waals surface area contributed by atoms with Crippen LogP contribution in [-0.2, 0) is 18.6 Å². The van der Waals surface area contributed by atoms with Gasteiger partial charge in [-0.3, -0.25) is 13.9 Å². The van der Waals surface area contributed by atoms with Crippen molar-refractivity contribution in [1.82, 2.24) is 24.9 Å². The minimum Gasteiger partial charge on any atom is -0.413 e. The highest BCUT2D eigenvalue weighted by molar-refractivity contribution is 7.52. The van der Waals surface area contributed by atoms with Crippen LogP contribution in [0, 0.1) is 0 Å². The van der Waals surface area contributed by atoms with E-state index in [0.717, 1.165) is 43.1 Å². The second-order valence-electron chi connectivity index (χ2n) is 11.4. The molecule has 13 nitrogen and oxygen atoms in total. The molecular formula is C36H51N6O7P. The summed E-state index contributed by atoms with van der Waals surface area (Å²) in [6.07, 6.45) is 26.6. The molecule has 50 heavy (non-hydrogen) atoms. The van der Waals surface area contributed by atoms with E-state index in [1.165, 1.54) is 6.33 Å². The van der Waals surface area contributed by atoms with Gasteiger partial charge in [0.15, 0.2) is 0 Å². The van der Waals surface area contributed by atoms with Crippen LogP contribution in [0.4, 0.5) is 5.95 Å². The zero-order valence-electron chi connectivity index (χ0n) is 28.7. The highest BCUT2D eigenvalue weighted by Gasteiger charge is 2.38. The number of carbonyl (C=O) groups is 1. The molecule has 0 bridgehead atoms. The number of aromatic nitrogens is 3. The van der Waals surface area contributed by atoms with Gasteiger partial charge in [-0.2, -0.15) is 4.98 Å². The number of aliphatic hydroxyl groups excluding tert-OH is 1. The second-order valence-corrected chi connectivity index (χ2v) is 13.1. The van der Waals surface area contributed by atoms with Crippen molar-refractivity contribution < 1.29 is 28.3 Å². The molecule has 1 aliphatic rings. The van der Waals surface area contributed by atoms with Gasteiger partial charge in [0.1, 0.15) is 24.4 Å². The zero-order chi connectivity index (χ0) is 35.9. The summed E-state index contributed by atoms with van der Waals surface area (Å²) in [7, 11) is -3.97. The summed E-state index contributed by atoms with van der Waals surface area (Å²) in [5.74, 6) is 0.0142. The highest BCUT2D eigenvalue weighted by atomic mass is 31.2. The Morgan fingerprint density at radius 1 is 1.02 bits per heavy atom. The molecule has 1 aromatic heterocycles. The molecule has 4 atom stereocenters. The van der Waals surface area contributed by atoms with Gasteiger partial charge < -0.3 is 25.4 Å². The summed E-state index contributed by atoms with van der Waals surface area (Å²) < 4.78 is 31.9. The summed E-state index contributed by atoms with van der Waals surface area (Å²) in [5.41, 5.74) is 4.78. The standard InChI is InChI=1S/C36H51N6O7P/c1-2-3-4-5-6-7-8-9-10-11-12-13-14-15-16-17-21-24-33(44)38-25-26-40-50(46,49-30-22-19-18-20-23-30)47-28-32-31(43)27-34(48-32)42-29-39-35(37)41-36(42)45/h3-4,6-7,9-10,12-13,15-16,18-20,22-23,29,31-32,34,43H,2,5,8,11,14,17,21,24-28H2,1H3,(H,38,44)(H,40,46)(H2,37,41,45). The molecule has 3 rings (SSSR count). The minimum absolute atomic E-state index is 0.0611. The molecule has 0 radical (unpaired) electrons. The fourth-order valence-corrected chi connectivity index (χ4v) is 6.05. The van der Waals surface area contributed by atoms with Gasteiger partial charge in [0.2, 0.25) is 11.9 Å². The summed E-state index contributed by atoms with van der Waals surface area (Å²) in [4.78, 5) is 31.9. The summed E-state index contributed by atoms with van der Waals surface area (Å²) in [5, 5.41) is 16.1. The van der Waals surface area contributed by atoms with E-state index < -0.39 is 31.9 Å². The minimum atomic E-state index is -3.97. The van der Waals surface area contributed by atoms with Crippen LogP contribution in [0.1, 0.15) is 70.9 Å². The van der Waals surface area contributed by atoms with E-state index >= 15 is 0 Å². The molecule has 14 heteroatoms. The van der Waals surface area contributed by atoms with Gasteiger partial charge >= 0.3 is 13.4 Å². The first-order valence-electron chi connectivity index (χ1n) is 17.1. The quantitative estimate of drug-likeness (QED) is 0.0631. The van der Waals surface area contributed by atoms with Crippen LogP contribution < -0.4 is 26.4 Å². The Balaban J connectivity index is 1.33. The van der Waals surface area contributed by atoms with Crippen molar-refractivity contribution in [1.29, 1.82) is 0 Å². The molecule has 1 amide bonds. The van der Waals surface area contributed by atoms with Crippen molar-refractivity contribution >= 4 is 19.6 Å². The van der Waals surface area contributed by atoms with Crippen LogP contribution in [0.3, 0.4) is 0 Å². The maximum absolute atomic E-state index is 13.7. The van der Waals surface area contributed by atoms with E-state index in [1.54, 1.807) is 30.3 Å². The zero-order valence-corrected chi connectivity index (χ0v) is 29.6. The van der Waals surface area contributed by atoms with Gasteiger partial charge in [-0.05, 0) is 57.1 Å². The third-order valence-corrected chi connectivity index (χ3v) is 8.87. The molecule has 2 heterocycles. The van der Waals surface area contributed by atoms with Crippen LogP contribution in [-0.4, -0.2) is 57.5 Å². The van der Waals surface area contributed by atoms with Crippen molar-refractivity contribution in [3.8, 4) is 5.75 Å². The van der Waals surface area contributed by atoms with E-state index in [4.69, 9.17) is 19.5 Å². The van der Waals surface area contributed by atoms with E-state index in [-0.39, 0.29) is 38.0 Å². The summed E-state index contributed by atoms with van der Waals surface area (Å²) >= 11 is 0. The van der Waals surface area contributed by atoms with Gasteiger partial charge in [0.05, 0.1) is 12.7 Å². The van der Waals surface area contributed by atoms with Gasteiger partial charge in [0.25, 0.3) is 0 Å². The number of nitrogens with two attached hydrogens (primary N) is 1. The van der Waals surface area contributed by atoms with Crippen molar-refractivity contribution in [2.75, 3.05) is 25.4 Å². The monoisotopic (exact) mass is 710 g/mol. The van der Waals surface area contributed by atoms with E-state index in [1.807, 2.05) is 0 Å². The maximum atomic E-state index is 13.7. The lowest BCUT2D eigenvalue weighted by molar-refractivity contribution is -0.121. The smallest absolute Gasteiger partial charge is 0.413 e. The van der Waals surface area contributed by atoms with Crippen molar-refractivity contribution in [3.05, 3.63) is 108 Å². The van der Waals surface area contributed by atoms with Gasteiger partial charge in [0, 0.05) is 25.9 Å². The predicted octanol–water partition coefficient (Wildman–Crippen LogP) is 5.70. The maximum Gasteiger partial charge on any atom is 0.458 e. The average molecular weight is 711 g/mol. The van der Waals surface area contributed by atoms with Crippen LogP contribution >= 0.6 is 7.75 Å². The van der Waals surface area contributed by atoms with E-state index in [9.17, 15) is 19.3 Å². The van der Waals surface area contributed by atoms with E-state index in [2.05, 4.69) is 88.1 Å². The van der Waals surface area contributed by atoms with Crippen LogP contribution in [0.15, 0.2) is 102 Å². The average Bonchev–Trinajstić information content (AvgIpc) is 3.47. The SMILES string of the molecule is CCC=CCC=CCC=CCC=CCC=CCCCC(=O)NCCNP(=O)(OCC1OC(n2cnc(N)nc2=O)CC1O)Oc1ccccc1. The number of unbranched alkanes of at least 4 members (excludes halogenated alkanes) is 1. The number of nitrogens with zero attached hydrogens (tertiary/aromatic N) is 3. The first-order chi connectivity index (χ1) is 24.3. The molecule has 1 aromatic carbocycles. The Bertz CT molecular complexity index is 1540. The lowest BCUT2D eigenvalue weighted by atomic mass is 10.2. The van der Waals surface area contributed by atoms with Crippen LogP contribution in [0.25, 0.3) is 0 Å². The molecular weight excluding hydrogens is 659 g/mol. The number of hydrogen-bond donors (Lipinski definition) is 4. The fourth-order valence-electron chi connectivity index (χ4n) is 4.72. The van der Waals surface area contributed by atoms with Gasteiger partial charge in [-0.1, -0.05) is 85.9 Å². The number of para-hydroxylation sites is 1. The lowest BCUT2D eigenvalue weighted by Gasteiger charge is -2.22. The van der Waals surface area contributed by atoms with Gasteiger partial charge in [-0.25, -0.2) is 19.4 Å². The normalized spacial score (nSPS) is 19.4. The van der Waals surface area contributed by atoms with Crippen LogP contribution in [0.2, 0.25) is 0 Å². The third kappa shape index (κ3) is 16.1. The first kappa shape index (κ1) is 40.3. The second kappa shape index (κ2) is 23.3. The predicted molar refractivity (Wildman–Crippen MR) is 195 cm³/mol. The summed E-state index contributed by atoms with van der Waals surface area (Å²) in [6.45, 7) is 2.12. The first-order valence-corrected chi connectivity index (χ1v) is 18.6. The van der Waals surface area contributed by atoms with Crippen molar-refractivity contribution in [2.24, 2.45) is 0 Å².